The van der Waals surface area contributed by atoms with Gasteiger partial charge in [0.15, 0.2) is 0 Å². The number of carbonyl (C=O) groups is 2. The second kappa shape index (κ2) is 14.9. The Kier molecular flexibility index (Phi) is 11.6. The number of benzene rings is 3. The Bertz CT molecular complexity index is 1350. The van der Waals surface area contributed by atoms with Gasteiger partial charge >= 0.3 is 0 Å². The molecule has 0 radical (unpaired) electrons. The Balaban J connectivity index is 1.88. The van der Waals surface area contributed by atoms with Gasteiger partial charge in [0.05, 0.1) is 11.9 Å². The average Bonchev–Trinajstić information content (AvgIpc) is 2.93. The van der Waals surface area contributed by atoms with Crippen LogP contribution in [0.15, 0.2) is 84.9 Å². The van der Waals surface area contributed by atoms with Crippen LogP contribution in [0.25, 0.3) is 0 Å². The van der Waals surface area contributed by atoms with Gasteiger partial charge in [0.25, 0.3) is 0 Å². The van der Waals surface area contributed by atoms with Gasteiger partial charge in [-0.05, 0) is 55.2 Å². The number of para-hydroxylation sites is 1. The minimum absolute atomic E-state index is 0.0527. The number of hydrogen-bond acceptors (Lipinski definition) is 4. The molecule has 0 spiro atoms. The first-order valence-corrected chi connectivity index (χ1v) is 15.7. The van der Waals surface area contributed by atoms with Gasteiger partial charge in [-0.3, -0.25) is 13.9 Å². The molecule has 9 heteroatoms. The second-order valence-corrected chi connectivity index (χ2v) is 12.3. The molecule has 3 aromatic carbocycles. The van der Waals surface area contributed by atoms with Crippen molar-refractivity contribution >= 4 is 39.1 Å². The number of nitrogens with zero attached hydrogens (tertiary/aromatic N) is 2. The molecule has 0 bridgehead atoms. The molecule has 0 fully saturated rings. The lowest BCUT2D eigenvalue weighted by molar-refractivity contribution is -0.141. The molecule has 0 saturated heterocycles. The highest BCUT2D eigenvalue weighted by atomic mass is 35.5. The summed E-state index contributed by atoms with van der Waals surface area (Å²) in [6, 6.07) is 24.8. The third-order valence-corrected chi connectivity index (χ3v) is 8.14. The normalized spacial score (nSPS) is 12.8. The number of hydrogen-bond donors (Lipinski definition) is 1. The van der Waals surface area contributed by atoms with Crippen molar-refractivity contribution < 1.29 is 18.0 Å². The molecule has 0 aliphatic heterocycles. The van der Waals surface area contributed by atoms with Gasteiger partial charge in [-0.1, -0.05) is 79.2 Å². The fourth-order valence-electron chi connectivity index (χ4n) is 4.43. The van der Waals surface area contributed by atoms with E-state index in [1.807, 2.05) is 62.4 Å². The topological polar surface area (TPSA) is 86.8 Å². The van der Waals surface area contributed by atoms with E-state index in [0.717, 1.165) is 23.8 Å². The molecule has 214 valence electrons. The van der Waals surface area contributed by atoms with Gasteiger partial charge in [0.1, 0.15) is 6.04 Å². The second-order valence-electron chi connectivity index (χ2n) is 9.95. The first-order valence-electron chi connectivity index (χ1n) is 13.5. The van der Waals surface area contributed by atoms with E-state index in [0.29, 0.717) is 17.1 Å². The van der Waals surface area contributed by atoms with Crippen LogP contribution in [-0.4, -0.2) is 50.0 Å². The van der Waals surface area contributed by atoms with Gasteiger partial charge in [-0.25, -0.2) is 8.42 Å². The van der Waals surface area contributed by atoms with Crippen LogP contribution in [0.5, 0.6) is 0 Å². The van der Waals surface area contributed by atoms with E-state index < -0.39 is 16.1 Å². The van der Waals surface area contributed by atoms with Crippen molar-refractivity contribution in [2.75, 3.05) is 17.1 Å². The number of rotatable bonds is 14. The predicted octanol–water partition coefficient (Wildman–Crippen LogP) is 5.44. The Morgan fingerprint density at radius 1 is 0.925 bits per heavy atom. The van der Waals surface area contributed by atoms with E-state index in [-0.39, 0.29) is 43.8 Å². The van der Waals surface area contributed by atoms with E-state index in [1.54, 1.807) is 41.3 Å². The van der Waals surface area contributed by atoms with Gasteiger partial charge in [-0.15, -0.1) is 0 Å². The molecule has 7 nitrogen and oxygen atoms in total. The summed E-state index contributed by atoms with van der Waals surface area (Å²) in [6.45, 7) is 4.26. The largest absolute Gasteiger partial charge is 0.352 e. The molecule has 3 rings (SSSR count). The first kappa shape index (κ1) is 31.2. The van der Waals surface area contributed by atoms with E-state index in [9.17, 15) is 18.0 Å². The average molecular weight is 584 g/mol. The maximum absolute atomic E-state index is 13.8. The molecule has 0 aromatic heterocycles. The lowest BCUT2D eigenvalue weighted by Crippen LogP contribution is -2.52. The quantitative estimate of drug-likeness (QED) is 0.274. The zero-order valence-electron chi connectivity index (χ0n) is 23.3. The number of nitrogens with one attached hydrogen (secondary N) is 1. The van der Waals surface area contributed by atoms with Crippen molar-refractivity contribution in [2.24, 2.45) is 0 Å². The predicted molar refractivity (Wildman–Crippen MR) is 162 cm³/mol. The zero-order chi connectivity index (χ0) is 29.1. The summed E-state index contributed by atoms with van der Waals surface area (Å²) in [5.41, 5.74) is 2.28. The lowest BCUT2D eigenvalue weighted by Gasteiger charge is -2.32. The van der Waals surface area contributed by atoms with Gasteiger partial charge < -0.3 is 10.2 Å². The Hall–Kier alpha value is -3.36. The van der Waals surface area contributed by atoms with Crippen molar-refractivity contribution in [3.63, 3.8) is 0 Å². The van der Waals surface area contributed by atoms with E-state index >= 15 is 0 Å². The summed E-state index contributed by atoms with van der Waals surface area (Å²) in [6.07, 6.45) is 2.61. The lowest BCUT2D eigenvalue weighted by atomic mass is 10.0. The summed E-state index contributed by atoms with van der Waals surface area (Å²) in [5.74, 6) is -0.461. The number of carbonyl (C=O) groups excluding carboxylic acids is 2. The standard InChI is InChI=1S/C31H38ClN3O4S/c1-4-24(2)33-31(37)29(22-25-13-7-5-8-14-25)34(23-26-15-11-16-27(32)21-26)30(36)19-12-20-35(40(3,38)39)28-17-9-6-10-18-28/h5-11,13-18,21,24,29H,4,12,19-20,22-23H2,1-3H3,(H,33,37)/t24-,29-/m1/s1. The number of amides is 2. The Morgan fingerprint density at radius 2 is 1.55 bits per heavy atom. The number of anilines is 1. The van der Waals surface area contributed by atoms with Crippen LogP contribution >= 0.6 is 11.6 Å². The van der Waals surface area contributed by atoms with Crippen molar-refractivity contribution in [3.05, 3.63) is 101 Å². The molecular weight excluding hydrogens is 546 g/mol. The molecule has 0 saturated carbocycles. The summed E-state index contributed by atoms with van der Waals surface area (Å²) in [5, 5.41) is 3.59. The van der Waals surface area contributed by atoms with Crippen molar-refractivity contribution in [1.29, 1.82) is 0 Å². The maximum atomic E-state index is 13.8. The van der Waals surface area contributed by atoms with Crippen molar-refractivity contribution in [1.82, 2.24) is 10.2 Å². The van der Waals surface area contributed by atoms with E-state index in [4.69, 9.17) is 11.6 Å². The molecule has 40 heavy (non-hydrogen) atoms. The van der Waals surface area contributed by atoms with Crippen LogP contribution < -0.4 is 9.62 Å². The summed E-state index contributed by atoms with van der Waals surface area (Å²) in [4.78, 5) is 29.0. The van der Waals surface area contributed by atoms with Gasteiger partial charge in [-0.2, -0.15) is 0 Å². The van der Waals surface area contributed by atoms with Gasteiger partial charge in [0.2, 0.25) is 21.8 Å². The molecule has 2 amide bonds. The fourth-order valence-corrected chi connectivity index (χ4v) is 5.60. The third-order valence-electron chi connectivity index (χ3n) is 6.71. The molecule has 0 aliphatic rings. The SMILES string of the molecule is CC[C@@H](C)NC(=O)[C@@H](Cc1ccccc1)N(Cc1cccc(Cl)c1)C(=O)CCCN(c1ccccc1)S(C)(=O)=O. The minimum Gasteiger partial charge on any atom is -0.352 e. The fraction of sp³-hybridized carbons (Fsp3) is 0.355. The van der Waals surface area contributed by atoms with Crippen molar-refractivity contribution in [3.8, 4) is 0 Å². The highest BCUT2D eigenvalue weighted by Crippen LogP contribution is 2.21. The molecule has 2 atom stereocenters. The van der Waals surface area contributed by atoms with Crippen LogP contribution in [0.1, 0.15) is 44.2 Å². The third kappa shape index (κ3) is 9.38. The van der Waals surface area contributed by atoms with Crippen molar-refractivity contribution in [2.45, 2.75) is 58.2 Å². The molecule has 0 heterocycles. The smallest absolute Gasteiger partial charge is 0.243 e. The van der Waals surface area contributed by atoms with Gasteiger partial charge in [0, 0.05) is 37.0 Å². The zero-order valence-corrected chi connectivity index (χ0v) is 24.9. The Labute approximate surface area is 243 Å². The minimum atomic E-state index is -3.55. The monoisotopic (exact) mass is 583 g/mol. The maximum Gasteiger partial charge on any atom is 0.243 e. The van der Waals surface area contributed by atoms with Crippen LogP contribution in [0.2, 0.25) is 5.02 Å². The number of sulfonamides is 1. The van der Waals surface area contributed by atoms with E-state index in [2.05, 4.69) is 5.32 Å². The molecule has 0 aliphatic carbocycles. The van der Waals surface area contributed by atoms with Crippen LogP contribution in [0.3, 0.4) is 0 Å². The highest BCUT2D eigenvalue weighted by molar-refractivity contribution is 7.92. The highest BCUT2D eigenvalue weighted by Gasteiger charge is 2.31. The first-order chi connectivity index (χ1) is 19.1. The molecule has 1 N–H and O–H groups in total. The van der Waals surface area contributed by atoms with Crippen LogP contribution in [0.4, 0.5) is 5.69 Å². The summed E-state index contributed by atoms with van der Waals surface area (Å²) < 4.78 is 26.3. The molecule has 3 aromatic rings. The summed E-state index contributed by atoms with van der Waals surface area (Å²) in [7, 11) is -3.55. The number of halogens is 1. The molecular formula is C31H38ClN3O4S. The van der Waals surface area contributed by atoms with Crippen LogP contribution in [0, 0.1) is 0 Å². The van der Waals surface area contributed by atoms with E-state index in [1.165, 1.54) is 4.31 Å². The van der Waals surface area contributed by atoms with Crippen LogP contribution in [-0.2, 0) is 32.6 Å². The molecule has 0 unspecified atom stereocenters. The summed E-state index contributed by atoms with van der Waals surface area (Å²) >= 11 is 6.24. The Morgan fingerprint density at radius 3 is 2.15 bits per heavy atom.